The third-order valence-electron chi connectivity index (χ3n) is 3.29. The first-order valence-electron chi connectivity index (χ1n) is 6.06. The van der Waals surface area contributed by atoms with Crippen LogP contribution in [0.3, 0.4) is 0 Å². The van der Waals surface area contributed by atoms with Crippen molar-refractivity contribution in [2.45, 2.75) is 32.7 Å². The molecular weight excluding hydrogens is 282 g/mol. The Bertz CT molecular complexity index is 404. The summed E-state index contributed by atoms with van der Waals surface area (Å²) in [6.45, 7) is 5.87. The van der Waals surface area contributed by atoms with E-state index in [4.69, 9.17) is 0 Å². The van der Waals surface area contributed by atoms with Crippen molar-refractivity contribution in [2.24, 2.45) is 5.92 Å². The standard InChI is InChI=1S/C12H18BrN3O/c1-9-4-3-5-15(7-9)12(17)10(2)16-8-11(13)6-14-16/h6,8-10H,3-5,7H2,1-2H3/t9-,10+/m0/s1. The molecule has 0 unspecified atom stereocenters. The highest BCUT2D eigenvalue weighted by Gasteiger charge is 2.26. The molecule has 0 spiro atoms. The van der Waals surface area contributed by atoms with Crippen molar-refractivity contribution >= 4 is 21.8 Å². The van der Waals surface area contributed by atoms with Crippen LogP contribution < -0.4 is 0 Å². The molecular formula is C12H18BrN3O. The fourth-order valence-corrected chi connectivity index (χ4v) is 2.59. The molecule has 2 atom stereocenters. The van der Waals surface area contributed by atoms with Gasteiger partial charge in [-0.15, -0.1) is 0 Å². The van der Waals surface area contributed by atoms with E-state index in [9.17, 15) is 4.79 Å². The first-order valence-corrected chi connectivity index (χ1v) is 6.85. The molecule has 0 N–H and O–H groups in total. The molecule has 1 aliphatic rings. The van der Waals surface area contributed by atoms with E-state index in [0.717, 1.165) is 24.0 Å². The van der Waals surface area contributed by atoms with Crippen LogP contribution in [0.5, 0.6) is 0 Å². The zero-order chi connectivity index (χ0) is 12.4. The van der Waals surface area contributed by atoms with Gasteiger partial charge in [-0.05, 0) is 41.6 Å². The average Bonchev–Trinajstić information content (AvgIpc) is 2.74. The molecule has 1 fully saturated rings. The van der Waals surface area contributed by atoms with Crippen LogP contribution >= 0.6 is 15.9 Å². The molecule has 0 aromatic carbocycles. The summed E-state index contributed by atoms with van der Waals surface area (Å²) in [5.41, 5.74) is 0. The Labute approximate surface area is 110 Å². The maximum atomic E-state index is 12.3. The minimum Gasteiger partial charge on any atom is -0.341 e. The molecule has 0 aliphatic carbocycles. The molecule has 5 heteroatoms. The minimum atomic E-state index is -0.216. The van der Waals surface area contributed by atoms with Crippen LogP contribution in [0.2, 0.25) is 0 Å². The van der Waals surface area contributed by atoms with E-state index in [1.165, 1.54) is 6.42 Å². The van der Waals surface area contributed by atoms with Crippen molar-refractivity contribution in [2.75, 3.05) is 13.1 Å². The predicted octanol–water partition coefficient (Wildman–Crippen LogP) is 2.47. The number of carbonyl (C=O) groups is 1. The lowest BCUT2D eigenvalue weighted by atomic mass is 10.00. The largest absolute Gasteiger partial charge is 0.341 e. The highest BCUT2D eigenvalue weighted by molar-refractivity contribution is 9.10. The molecule has 94 valence electrons. The van der Waals surface area contributed by atoms with Gasteiger partial charge in [0.05, 0.1) is 10.7 Å². The van der Waals surface area contributed by atoms with Crippen LogP contribution in [0.1, 0.15) is 32.7 Å². The Morgan fingerprint density at radius 2 is 2.41 bits per heavy atom. The molecule has 2 rings (SSSR count). The Kier molecular flexibility index (Phi) is 3.86. The van der Waals surface area contributed by atoms with Gasteiger partial charge < -0.3 is 4.90 Å². The van der Waals surface area contributed by atoms with Gasteiger partial charge in [-0.1, -0.05) is 6.92 Å². The fraction of sp³-hybridized carbons (Fsp3) is 0.667. The van der Waals surface area contributed by atoms with E-state index < -0.39 is 0 Å². The molecule has 1 aromatic heterocycles. The lowest BCUT2D eigenvalue weighted by Gasteiger charge is -2.32. The highest BCUT2D eigenvalue weighted by atomic mass is 79.9. The monoisotopic (exact) mass is 299 g/mol. The van der Waals surface area contributed by atoms with E-state index in [2.05, 4.69) is 28.0 Å². The SMILES string of the molecule is C[C@H]1CCCN(C(=O)[C@@H](C)n2cc(Br)cn2)C1. The molecule has 1 aromatic rings. The Morgan fingerprint density at radius 1 is 1.65 bits per heavy atom. The first kappa shape index (κ1) is 12.6. The number of hydrogen-bond donors (Lipinski definition) is 0. The second-order valence-electron chi connectivity index (χ2n) is 4.85. The number of amides is 1. The van der Waals surface area contributed by atoms with Crippen molar-refractivity contribution < 1.29 is 4.79 Å². The molecule has 1 aliphatic heterocycles. The summed E-state index contributed by atoms with van der Waals surface area (Å²) in [7, 11) is 0. The third-order valence-corrected chi connectivity index (χ3v) is 3.70. The maximum Gasteiger partial charge on any atom is 0.247 e. The van der Waals surface area contributed by atoms with Crippen LogP contribution in [0, 0.1) is 5.92 Å². The highest BCUT2D eigenvalue weighted by Crippen LogP contribution is 2.20. The number of likely N-dealkylation sites (tertiary alicyclic amines) is 1. The van der Waals surface area contributed by atoms with E-state index >= 15 is 0 Å². The third kappa shape index (κ3) is 2.89. The van der Waals surface area contributed by atoms with Crippen LogP contribution in [0.15, 0.2) is 16.9 Å². The van der Waals surface area contributed by atoms with Crippen molar-refractivity contribution in [3.05, 3.63) is 16.9 Å². The second kappa shape index (κ2) is 5.21. The smallest absolute Gasteiger partial charge is 0.247 e. The molecule has 17 heavy (non-hydrogen) atoms. The van der Waals surface area contributed by atoms with Crippen molar-refractivity contribution in [1.82, 2.24) is 14.7 Å². The summed E-state index contributed by atoms with van der Waals surface area (Å²) < 4.78 is 2.62. The van der Waals surface area contributed by atoms with Crippen LogP contribution in [-0.4, -0.2) is 33.7 Å². The summed E-state index contributed by atoms with van der Waals surface area (Å²) >= 11 is 3.35. The minimum absolute atomic E-state index is 0.173. The van der Waals surface area contributed by atoms with Crippen LogP contribution in [0.25, 0.3) is 0 Å². The van der Waals surface area contributed by atoms with E-state index in [0.29, 0.717) is 5.92 Å². The van der Waals surface area contributed by atoms with Gasteiger partial charge in [-0.3, -0.25) is 9.48 Å². The van der Waals surface area contributed by atoms with Crippen molar-refractivity contribution in [3.63, 3.8) is 0 Å². The van der Waals surface area contributed by atoms with Crippen molar-refractivity contribution in [3.8, 4) is 0 Å². The quantitative estimate of drug-likeness (QED) is 0.841. The molecule has 2 heterocycles. The van der Waals surface area contributed by atoms with Gasteiger partial charge in [0, 0.05) is 19.3 Å². The van der Waals surface area contributed by atoms with E-state index in [-0.39, 0.29) is 11.9 Å². The number of halogens is 1. The molecule has 4 nitrogen and oxygen atoms in total. The van der Waals surface area contributed by atoms with Gasteiger partial charge in [0.2, 0.25) is 5.91 Å². The van der Waals surface area contributed by atoms with E-state index in [1.54, 1.807) is 10.9 Å². The van der Waals surface area contributed by atoms with Crippen molar-refractivity contribution in [1.29, 1.82) is 0 Å². The molecule has 0 radical (unpaired) electrons. The number of hydrogen-bond acceptors (Lipinski definition) is 2. The molecule has 0 saturated carbocycles. The summed E-state index contributed by atoms with van der Waals surface area (Å²) in [5, 5.41) is 4.17. The number of rotatable bonds is 2. The van der Waals surface area contributed by atoms with Gasteiger partial charge >= 0.3 is 0 Å². The summed E-state index contributed by atoms with van der Waals surface area (Å²) in [4.78, 5) is 14.3. The number of carbonyl (C=O) groups excluding carboxylic acids is 1. The molecule has 0 bridgehead atoms. The number of piperidine rings is 1. The second-order valence-corrected chi connectivity index (χ2v) is 5.76. The molecule has 1 amide bonds. The maximum absolute atomic E-state index is 12.3. The molecule has 1 saturated heterocycles. The van der Waals surface area contributed by atoms with Gasteiger partial charge in [0.25, 0.3) is 0 Å². The Hall–Kier alpha value is -0.840. The van der Waals surface area contributed by atoms with Crippen LogP contribution in [-0.2, 0) is 4.79 Å². The van der Waals surface area contributed by atoms with E-state index in [1.807, 2.05) is 18.0 Å². The summed E-state index contributed by atoms with van der Waals surface area (Å²) in [5.74, 6) is 0.788. The lowest BCUT2D eigenvalue weighted by Crippen LogP contribution is -2.42. The Balaban J connectivity index is 2.04. The summed E-state index contributed by atoms with van der Waals surface area (Å²) in [6.07, 6.45) is 5.90. The first-order chi connectivity index (χ1) is 8.08. The topological polar surface area (TPSA) is 38.1 Å². The average molecular weight is 300 g/mol. The lowest BCUT2D eigenvalue weighted by molar-refractivity contribution is -0.136. The van der Waals surface area contributed by atoms with Gasteiger partial charge in [0.15, 0.2) is 0 Å². The zero-order valence-corrected chi connectivity index (χ0v) is 11.9. The predicted molar refractivity (Wildman–Crippen MR) is 69.6 cm³/mol. The van der Waals surface area contributed by atoms with Gasteiger partial charge in [-0.25, -0.2) is 0 Å². The number of aromatic nitrogens is 2. The van der Waals surface area contributed by atoms with Crippen LogP contribution in [0.4, 0.5) is 0 Å². The van der Waals surface area contributed by atoms with Gasteiger partial charge in [0.1, 0.15) is 6.04 Å². The van der Waals surface area contributed by atoms with Gasteiger partial charge in [-0.2, -0.15) is 5.10 Å². The summed E-state index contributed by atoms with van der Waals surface area (Å²) in [6, 6.07) is -0.216. The zero-order valence-electron chi connectivity index (χ0n) is 10.3. The number of nitrogens with zero attached hydrogens (tertiary/aromatic N) is 3. The Morgan fingerprint density at radius 3 is 3.00 bits per heavy atom. The normalized spacial score (nSPS) is 22.5. The fourth-order valence-electron chi connectivity index (χ4n) is 2.29.